The third-order valence-electron chi connectivity index (χ3n) is 3.06. The van der Waals surface area contributed by atoms with E-state index in [4.69, 9.17) is 0 Å². The number of pyridine rings is 1. The lowest BCUT2D eigenvalue weighted by Gasteiger charge is -2.08. The van der Waals surface area contributed by atoms with Gasteiger partial charge in [0.15, 0.2) is 5.82 Å². The molecule has 0 fully saturated rings. The number of carboxylic acid groups (broad SMARTS) is 1. The maximum absolute atomic E-state index is 11.3. The van der Waals surface area contributed by atoms with Crippen molar-refractivity contribution in [2.75, 3.05) is 0 Å². The Morgan fingerprint density at radius 2 is 2.16 bits per heavy atom. The van der Waals surface area contributed by atoms with E-state index < -0.39 is 5.97 Å². The topological polar surface area (TPSA) is 68.0 Å². The minimum absolute atomic E-state index is 0.127. The summed E-state index contributed by atoms with van der Waals surface area (Å²) in [6.07, 6.45) is 2.43. The predicted molar refractivity (Wildman–Crippen MR) is 74.9 cm³/mol. The highest BCUT2D eigenvalue weighted by atomic mass is 79.9. The van der Waals surface area contributed by atoms with Gasteiger partial charge in [-0.05, 0) is 47.8 Å². The molecule has 19 heavy (non-hydrogen) atoms. The summed E-state index contributed by atoms with van der Waals surface area (Å²) in [5.74, 6) is -0.676. The van der Waals surface area contributed by atoms with E-state index in [9.17, 15) is 9.90 Å². The van der Waals surface area contributed by atoms with Gasteiger partial charge in [-0.25, -0.2) is 14.5 Å². The van der Waals surface area contributed by atoms with Crippen LogP contribution < -0.4 is 0 Å². The summed E-state index contributed by atoms with van der Waals surface area (Å²) in [4.78, 5) is 15.5. The molecule has 0 amide bonds. The van der Waals surface area contributed by atoms with E-state index >= 15 is 0 Å². The molecule has 1 N–H and O–H groups in total. The van der Waals surface area contributed by atoms with E-state index in [1.807, 2.05) is 13.8 Å². The van der Waals surface area contributed by atoms with Crippen LogP contribution in [0.1, 0.15) is 34.2 Å². The molecule has 0 aliphatic carbocycles. The molecular weight excluding hydrogens is 310 g/mol. The first-order chi connectivity index (χ1) is 8.95. The lowest BCUT2D eigenvalue weighted by atomic mass is 10.1. The van der Waals surface area contributed by atoms with Crippen LogP contribution in [0.2, 0.25) is 0 Å². The fraction of sp³-hybridized carbons (Fsp3) is 0.308. The molecule has 0 bridgehead atoms. The highest BCUT2D eigenvalue weighted by molar-refractivity contribution is 9.10. The van der Waals surface area contributed by atoms with Crippen LogP contribution in [0.4, 0.5) is 0 Å². The van der Waals surface area contributed by atoms with Gasteiger partial charge in [0, 0.05) is 16.4 Å². The second kappa shape index (κ2) is 5.13. The van der Waals surface area contributed by atoms with Crippen molar-refractivity contribution in [1.29, 1.82) is 0 Å². The normalized spacial score (nSPS) is 10.7. The SMILES string of the molecule is CCc1c(C)nn(-c2ncc(Br)cc2C(=O)O)c1C. The molecule has 0 radical (unpaired) electrons. The van der Waals surface area contributed by atoms with Crippen molar-refractivity contribution in [2.24, 2.45) is 0 Å². The monoisotopic (exact) mass is 323 g/mol. The fourth-order valence-corrected chi connectivity index (χ4v) is 2.48. The predicted octanol–water partition coefficient (Wildman–Crippen LogP) is 2.91. The van der Waals surface area contributed by atoms with E-state index in [2.05, 4.69) is 32.9 Å². The van der Waals surface area contributed by atoms with Crippen molar-refractivity contribution < 1.29 is 9.90 Å². The molecule has 5 nitrogen and oxygen atoms in total. The van der Waals surface area contributed by atoms with Gasteiger partial charge in [0.2, 0.25) is 0 Å². The molecule has 100 valence electrons. The Bertz CT molecular complexity index is 650. The number of carbonyl (C=O) groups is 1. The van der Waals surface area contributed by atoms with Crippen molar-refractivity contribution in [3.8, 4) is 5.82 Å². The zero-order chi connectivity index (χ0) is 14.2. The maximum atomic E-state index is 11.3. The molecule has 6 heteroatoms. The summed E-state index contributed by atoms with van der Waals surface area (Å²) in [5, 5.41) is 13.7. The van der Waals surface area contributed by atoms with Crippen LogP contribution in [-0.2, 0) is 6.42 Å². The standard InChI is InChI=1S/C13H14BrN3O2/c1-4-10-7(2)16-17(8(10)3)12-11(13(18)19)5-9(14)6-15-12/h5-6H,4H2,1-3H3,(H,18,19). The minimum Gasteiger partial charge on any atom is -0.478 e. The van der Waals surface area contributed by atoms with Gasteiger partial charge in [-0.3, -0.25) is 0 Å². The average molecular weight is 324 g/mol. The van der Waals surface area contributed by atoms with E-state index in [0.717, 1.165) is 23.4 Å². The van der Waals surface area contributed by atoms with Gasteiger partial charge in [0.05, 0.1) is 5.69 Å². The van der Waals surface area contributed by atoms with Crippen molar-refractivity contribution >= 4 is 21.9 Å². The Hall–Kier alpha value is -1.69. The van der Waals surface area contributed by atoms with Gasteiger partial charge in [-0.1, -0.05) is 6.92 Å². The van der Waals surface area contributed by atoms with Gasteiger partial charge in [-0.15, -0.1) is 0 Å². The Labute approximate surface area is 119 Å². The number of aromatic nitrogens is 3. The van der Waals surface area contributed by atoms with E-state index in [0.29, 0.717) is 10.3 Å². The zero-order valence-electron chi connectivity index (χ0n) is 10.9. The molecule has 0 spiro atoms. The number of hydrogen-bond donors (Lipinski definition) is 1. The first-order valence-electron chi connectivity index (χ1n) is 5.90. The summed E-state index contributed by atoms with van der Waals surface area (Å²) in [5.41, 5.74) is 3.09. The molecule has 0 saturated carbocycles. The molecule has 0 aliphatic heterocycles. The first kappa shape index (κ1) is 13.7. The highest BCUT2D eigenvalue weighted by Crippen LogP contribution is 2.22. The third-order valence-corrected chi connectivity index (χ3v) is 3.49. The van der Waals surface area contributed by atoms with Crippen LogP contribution in [0.25, 0.3) is 5.82 Å². The molecule has 0 aliphatic rings. The number of carboxylic acids is 1. The highest BCUT2D eigenvalue weighted by Gasteiger charge is 2.18. The molecular formula is C13H14BrN3O2. The van der Waals surface area contributed by atoms with E-state index in [1.54, 1.807) is 10.9 Å². The second-order valence-electron chi connectivity index (χ2n) is 4.24. The molecule has 0 unspecified atom stereocenters. The number of hydrogen-bond acceptors (Lipinski definition) is 3. The first-order valence-corrected chi connectivity index (χ1v) is 6.69. The summed E-state index contributed by atoms with van der Waals surface area (Å²) >= 11 is 3.23. The molecule has 2 rings (SSSR count). The van der Waals surface area contributed by atoms with Crippen LogP contribution in [0.3, 0.4) is 0 Å². The van der Waals surface area contributed by atoms with Crippen molar-refractivity contribution in [3.63, 3.8) is 0 Å². The van der Waals surface area contributed by atoms with Crippen molar-refractivity contribution in [1.82, 2.24) is 14.8 Å². The lowest BCUT2D eigenvalue weighted by Crippen LogP contribution is -2.10. The fourth-order valence-electron chi connectivity index (χ4n) is 2.15. The van der Waals surface area contributed by atoms with Gasteiger partial charge >= 0.3 is 5.97 Å². The lowest BCUT2D eigenvalue weighted by molar-refractivity contribution is 0.0696. The molecule has 0 aromatic carbocycles. The Morgan fingerprint density at radius 3 is 2.68 bits per heavy atom. The molecule has 2 aromatic rings. The Balaban J connectivity index is 2.69. The number of halogens is 1. The largest absolute Gasteiger partial charge is 0.478 e. The second-order valence-corrected chi connectivity index (χ2v) is 5.16. The number of aromatic carboxylic acids is 1. The van der Waals surface area contributed by atoms with Crippen LogP contribution in [0.15, 0.2) is 16.7 Å². The summed E-state index contributed by atoms with van der Waals surface area (Å²) in [7, 11) is 0. The Morgan fingerprint density at radius 1 is 1.47 bits per heavy atom. The third kappa shape index (κ3) is 2.40. The van der Waals surface area contributed by atoms with Gasteiger partial charge in [-0.2, -0.15) is 5.10 Å². The van der Waals surface area contributed by atoms with Crippen LogP contribution in [0, 0.1) is 13.8 Å². The summed E-state index contributed by atoms with van der Waals surface area (Å²) < 4.78 is 2.23. The molecule has 0 atom stereocenters. The Kier molecular flexibility index (Phi) is 3.71. The number of aryl methyl sites for hydroxylation is 1. The van der Waals surface area contributed by atoms with Gasteiger partial charge in [0.1, 0.15) is 5.56 Å². The van der Waals surface area contributed by atoms with Crippen LogP contribution in [0.5, 0.6) is 0 Å². The van der Waals surface area contributed by atoms with Crippen molar-refractivity contribution in [2.45, 2.75) is 27.2 Å². The van der Waals surface area contributed by atoms with E-state index in [-0.39, 0.29) is 5.56 Å². The van der Waals surface area contributed by atoms with Crippen molar-refractivity contribution in [3.05, 3.63) is 39.3 Å². The van der Waals surface area contributed by atoms with Crippen LogP contribution >= 0.6 is 15.9 Å². The number of nitrogens with zero attached hydrogens (tertiary/aromatic N) is 3. The molecule has 0 saturated heterocycles. The number of rotatable bonds is 3. The van der Waals surface area contributed by atoms with Gasteiger partial charge in [0.25, 0.3) is 0 Å². The summed E-state index contributed by atoms with van der Waals surface area (Å²) in [6.45, 7) is 5.89. The minimum atomic E-state index is -1.02. The van der Waals surface area contributed by atoms with Gasteiger partial charge < -0.3 is 5.11 Å². The maximum Gasteiger partial charge on any atom is 0.339 e. The van der Waals surface area contributed by atoms with E-state index in [1.165, 1.54) is 6.07 Å². The average Bonchev–Trinajstić information content (AvgIpc) is 2.64. The quantitative estimate of drug-likeness (QED) is 0.943. The smallest absolute Gasteiger partial charge is 0.339 e. The molecule has 2 heterocycles. The summed E-state index contributed by atoms with van der Waals surface area (Å²) in [6, 6.07) is 1.53. The van der Waals surface area contributed by atoms with Crippen LogP contribution in [-0.4, -0.2) is 25.8 Å². The zero-order valence-corrected chi connectivity index (χ0v) is 12.5. The molecule has 2 aromatic heterocycles.